The van der Waals surface area contributed by atoms with Gasteiger partial charge in [-0.05, 0) is 53.5 Å². The van der Waals surface area contributed by atoms with E-state index in [1.165, 1.54) is 12.2 Å². The van der Waals surface area contributed by atoms with Gasteiger partial charge in [0.25, 0.3) is 0 Å². The first-order valence-electron chi connectivity index (χ1n) is 21.0. The number of carbonyl (C=O) groups is 5. The lowest BCUT2D eigenvalue weighted by Crippen LogP contribution is -2.55. The first kappa shape index (κ1) is 46.1. The number of ether oxygens (including phenoxy) is 2. The third kappa shape index (κ3) is 13.8. The van der Waals surface area contributed by atoms with E-state index >= 15 is 0 Å². The molecular formula is C51H56N4O7. The fourth-order valence-corrected chi connectivity index (χ4v) is 7.17. The minimum absolute atomic E-state index is 0.00882. The van der Waals surface area contributed by atoms with Crippen LogP contribution >= 0.6 is 0 Å². The molecule has 0 aliphatic rings. The van der Waals surface area contributed by atoms with Crippen molar-refractivity contribution in [3.05, 3.63) is 192 Å². The summed E-state index contributed by atoms with van der Waals surface area (Å²) in [6, 6.07) is 44.6. The fraction of sp³-hybridized carbons (Fsp3) is 0.275. The Morgan fingerprint density at radius 1 is 0.597 bits per heavy atom. The summed E-state index contributed by atoms with van der Waals surface area (Å²) in [6.45, 7) is 5.71. The molecule has 0 saturated carbocycles. The van der Waals surface area contributed by atoms with Crippen molar-refractivity contribution in [3.8, 4) is 0 Å². The maximum Gasteiger partial charge on any atom is 0.408 e. The molecule has 0 heterocycles. The SMILES string of the molecule is CCOC(=O)/C=C/[C@H](CCC(=O)NC(c1ccccc1)(c1ccccc1)c1ccccc1)NC(=O)[C@H](Cc1ccccc1)NC(=O)[C@H](CC(C)C)NC(=O)OCc1ccccc1. The normalized spacial score (nSPS) is 12.7. The molecule has 11 nitrogen and oxygen atoms in total. The molecule has 5 rings (SSSR count). The molecule has 5 aromatic rings. The average molecular weight is 837 g/mol. The first-order valence-corrected chi connectivity index (χ1v) is 21.0. The van der Waals surface area contributed by atoms with Gasteiger partial charge in [-0.1, -0.05) is 172 Å². The van der Waals surface area contributed by atoms with Crippen molar-refractivity contribution < 1.29 is 33.4 Å². The molecule has 3 atom stereocenters. The van der Waals surface area contributed by atoms with Crippen molar-refractivity contribution in [1.29, 1.82) is 0 Å². The van der Waals surface area contributed by atoms with Crippen molar-refractivity contribution in [1.82, 2.24) is 21.3 Å². The second kappa shape index (κ2) is 23.7. The fourth-order valence-electron chi connectivity index (χ4n) is 7.17. The first-order chi connectivity index (χ1) is 30.1. The van der Waals surface area contributed by atoms with Crippen LogP contribution in [0.4, 0.5) is 4.79 Å². The quantitative estimate of drug-likeness (QED) is 0.0339. The zero-order valence-electron chi connectivity index (χ0n) is 35.5. The van der Waals surface area contributed by atoms with Crippen molar-refractivity contribution in [2.75, 3.05) is 6.61 Å². The number of alkyl carbamates (subject to hydrolysis) is 1. The number of nitrogens with one attached hydrogen (secondary N) is 4. The number of rotatable bonds is 21. The largest absolute Gasteiger partial charge is 0.463 e. The molecule has 0 radical (unpaired) electrons. The molecule has 0 saturated heterocycles. The molecule has 4 amide bonds. The lowest BCUT2D eigenvalue weighted by atomic mass is 9.77. The third-order valence-electron chi connectivity index (χ3n) is 10.2. The van der Waals surface area contributed by atoms with Gasteiger partial charge in [0.2, 0.25) is 17.7 Å². The summed E-state index contributed by atoms with van der Waals surface area (Å²) in [6.07, 6.45) is 2.40. The molecular weight excluding hydrogens is 781 g/mol. The zero-order valence-corrected chi connectivity index (χ0v) is 35.5. The predicted octanol–water partition coefficient (Wildman–Crippen LogP) is 7.55. The molecule has 0 unspecified atom stereocenters. The summed E-state index contributed by atoms with van der Waals surface area (Å²) < 4.78 is 10.5. The summed E-state index contributed by atoms with van der Waals surface area (Å²) in [7, 11) is 0. The van der Waals surface area contributed by atoms with Crippen molar-refractivity contribution in [2.24, 2.45) is 5.92 Å². The number of carbonyl (C=O) groups excluding carboxylic acids is 5. The second-order valence-electron chi connectivity index (χ2n) is 15.3. The van der Waals surface area contributed by atoms with Crippen LogP contribution in [0.1, 0.15) is 67.9 Å². The van der Waals surface area contributed by atoms with Crippen LogP contribution in [0.2, 0.25) is 0 Å². The molecule has 0 bridgehead atoms. The van der Waals surface area contributed by atoms with E-state index in [1.54, 1.807) is 6.92 Å². The van der Waals surface area contributed by atoms with Crippen LogP contribution in [-0.4, -0.2) is 54.5 Å². The maximum atomic E-state index is 14.3. The Morgan fingerprint density at radius 3 is 1.58 bits per heavy atom. The van der Waals surface area contributed by atoms with Gasteiger partial charge < -0.3 is 30.7 Å². The van der Waals surface area contributed by atoms with Crippen LogP contribution in [0, 0.1) is 5.92 Å². The highest BCUT2D eigenvalue weighted by molar-refractivity contribution is 5.92. The standard InChI is InChI=1S/C51H56N4O7/c1-4-61-47(57)33-31-43(30-32-46(56)55-51(40-24-14-7-15-25-40,41-26-16-8-17-27-41)42-28-18-9-19-29-42)52-48(58)45(35-38-20-10-5-11-21-38)53-49(59)44(34-37(2)3)54-50(60)62-36-39-22-12-6-13-23-39/h5-29,31,33,37,43-45H,4,30,32,34-36H2,1-3H3,(H,52,58)(H,53,59)(H,54,60)(H,55,56)/b33-31+/t43-,44-,45-/m0/s1. The summed E-state index contributed by atoms with van der Waals surface area (Å²) in [5.74, 6) is -2.02. The van der Waals surface area contributed by atoms with Gasteiger partial charge in [-0.25, -0.2) is 9.59 Å². The van der Waals surface area contributed by atoms with E-state index < -0.39 is 47.5 Å². The van der Waals surface area contributed by atoms with E-state index in [2.05, 4.69) is 21.3 Å². The van der Waals surface area contributed by atoms with Crippen LogP contribution in [-0.2, 0) is 47.2 Å². The Hall–Kier alpha value is -7.01. The van der Waals surface area contributed by atoms with Gasteiger partial charge in [0.15, 0.2) is 0 Å². The maximum absolute atomic E-state index is 14.3. The van der Waals surface area contributed by atoms with Crippen molar-refractivity contribution in [3.63, 3.8) is 0 Å². The van der Waals surface area contributed by atoms with Gasteiger partial charge in [-0.3, -0.25) is 14.4 Å². The lowest BCUT2D eigenvalue weighted by molar-refractivity contribution is -0.137. The summed E-state index contributed by atoms with van der Waals surface area (Å²) in [4.78, 5) is 68.0. The van der Waals surface area contributed by atoms with E-state index in [0.717, 1.165) is 27.8 Å². The van der Waals surface area contributed by atoms with E-state index in [4.69, 9.17) is 9.47 Å². The molecule has 0 aliphatic carbocycles. The third-order valence-corrected chi connectivity index (χ3v) is 10.2. The summed E-state index contributed by atoms with van der Waals surface area (Å²) in [5.41, 5.74) is 3.07. The molecule has 322 valence electrons. The van der Waals surface area contributed by atoms with Crippen LogP contribution in [0.5, 0.6) is 0 Å². The topological polar surface area (TPSA) is 152 Å². The predicted molar refractivity (Wildman–Crippen MR) is 239 cm³/mol. The molecule has 0 spiro atoms. The van der Waals surface area contributed by atoms with Gasteiger partial charge in [-0.15, -0.1) is 0 Å². The summed E-state index contributed by atoms with van der Waals surface area (Å²) in [5, 5.41) is 11.9. The molecule has 5 aromatic carbocycles. The Balaban J connectivity index is 1.38. The van der Waals surface area contributed by atoms with Crippen molar-refractivity contribution >= 4 is 29.8 Å². The molecule has 4 N–H and O–H groups in total. The highest BCUT2D eigenvalue weighted by atomic mass is 16.5. The number of hydrogen-bond acceptors (Lipinski definition) is 7. The van der Waals surface area contributed by atoms with Crippen LogP contribution < -0.4 is 21.3 Å². The van der Waals surface area contributed by atoms with Gasteiger partial charge in [0.05, 0.1) is 6.61 Å². The Kier molecular flexibility index (Phi) is 17.6. The average Bonchev–Trinajstić information content (AvgIpc) is 3.29. The number of amides is 4. The molecule has 0 aromatic heterocycles. The van der Waals surface area contributed by atoms with E-state index in [-0.39, 0.29) is 50.7 Å². The molecule has 11 heteroatoms. The monoisotopic (exact) mass is 836 g/mol. The molecule has 62 heavy (non-hydrogen) atoms. The Morgan fingerprint density at radius 2 is 1.08 bits per heavy atom. The van der Waals surface area contributed by atoms with Crippen LogP contribution in [0.25, 0.3) is 0 Å². The molecule has 0 aliphatic heterocycles. The minimum Gasteiger partial charge on any atom is -0.463 e. The smallest absolute Gasteiger partial charge is 0.408 e. The Bertz CT molecular complexity index is 2110. The highest BCUT2D eigenvalue weighted by Gasteiger charge is 2.38. The second-order valence-corrected chi connectivity index (χ2v) is 15.3. The Labute approximate surface area is 364 Å². The van der Waals surface area contributed by atoms with Gasteiger partial charge in [-0.2, -0.15) is 0 Å². The van der Waals surface area contributed by atoms with Gasteiger partial charge >= 0.3 is 12.1 Å². The number of hydrogen-bond donors (Lipinski definition) is 4. The van der Waals surface area contributed by atoms with Gasteiger partial charge in [0.1, 0.15) is 24.2 Å². The number of esters is 1. The van der Waals surface area contributed by atoms with Crippen LogP contribution in [0.3, 0.4) is 0 Å². The van der Waals surface area contributed by atoms with Crippen LogP contribution in [0.15, 0.2) is 164 Å². The lowest BCUT2D eigenvalue weighted by Gasteiger charge is -2.37. The van der Waals surface area contributed by atoms with Crippen molar-refractivity contribution in [2.45, 2.75) is 76.7 Å². The van der Waals surface area contributed by atoms with E-state index in [1.807, 2.05) is 166 Å². The highest BCUT2D eigenvalue weighted by Crippen LogP contribution is 2.37. The van der Waals surface area contributed by atoms with E-state index in [0.29, 0.717) is 0 Å². The number of benzene rings is 5. The summed E-state index contributed by atoms with van der Waals surface area (Å²) >= 11 is 0. The van der Waals surface area contributed by atoms with E-state index in [9.17, 15) is 24.0 Å². The zero-order chi connectivity index (χ0) is 44.2. The van der Waals surface area contributed by atoms with Gasteiger partial charge in [0, 0.05) is 25.0 Å². The molecule has 0 fully saturated rings. The minimum atomic E-state index is -1.10.